The maximum atomic E-state index is 5.89. The van der Waals surface area contributed by atoms with Crippen LogP contribution in [0.25, 0.3) is 0 Å². The Hall–Kier alpha value is -1.42. The summed E-state index contributed by atoms with van der Waals surface area (Å²) in [5.74, 6) is 2.24. The first-order valence-corrected chi connectivity index (χ1v) is 7.87. The molecule has 1 aromatic heterocycles. The Morgan fingerprint density at radius 3 is 2.70 bits per heavy atom. The summed E-state index contributed by atoms with van der Waals surface area (Å²) in [4.78, 5) is 8.69. The van der Waals surface area contributed by atoms with Crippen molar-refractivity contribution in [1.29, 1.82) is 0 Å². The van der Waals surface area contributed by atoms with Gasteiger partial charge in [-0.05, 0) is 64.9 Å². The SMILES string of the molecule is CCc1nc(Br)cc(Oc2ccc3c(c2)CCCC3)n1. The van der Waals surface area contributed by atoms with E-state index in [1.54, 1.807) is 6.07 Å². The second-order valence-corrected chi connectivity index (χ2v) is 5.85. The maximum Gasteiger partial charge on any atom is 0.223 e. The zero-order valence-electron chi connectivity index (χ0n) is 11.5. The zero-order chi connectivity index (χ0) is 13.9. The minimum atomic E-state index is 0.597. The van der Waals surface area contributed by atoms with Gasteiger partial charge in [-0.1, -0.05) is 13.0 Å². The molecule has 4 heteroatoms. The zero-order valence-corrected chi connectivity index (χ0v) is 13.1. The second-order valence-electron chi connectivity index (χ2n) is 5.04. The standard InChI is InChI=1S/C16H17BrN2O/c1-2-15-18-14(17)10-16(19-15)20-13-8-7-11-5-3-4-6-12(11)9-13/h7-10H,2-6H2,1H3. The molecule has 0 radical (unpaired) electrons. The number of aryl methyl sites for hydroxylation is 3. The predicted molar refractivity (Wildman–Crippen MR) is 82.3 cm³/mol. The molecular formula is C16H17BrN2O. The molecule has 2 aromatic rings. The molecular weight excluding hydrogens is 316 g/mol. The highest BCUT2D eigenvalue weighted by Gasteiger charge is 2.11. The van der Waals surface area contributed by atoms with E-state index in [9.17, 15) is 0 Å². The molecule has 1 heterocycles. The van der Waals surface area contributed by atoms with E-state index in [1.807, 2.05) is 13.0 Å². The molecule has 0 unspecified atom stereocenters. The second kappa shape index (κ2) is 5.92. The molecule has 0 spiro atoms. The Bertz CT molecular complexity index is 628. The molecule has 0 aliphatic heterocycles. The monoisotopic (exact) mass is 332 g/mol. The molecule has 0 saturated heterocycles. The molecule has 0 bridgehead atoms. The summed E-state index contributed by atoms with van der Waals surface area (Å²) in [5, 5.41) is 0. The molecule has 0 amide bonds. The van der Waals surface area contributed by atoms with Crippen molar-refractivity contribution in [2.24, 2.45) is 0 Å². The number of ether oxygens (including phenoxy) is 1. The van der Waals surface area contributed by atoms with Crippen LogP contribution in [-0.4, -0.2) is 9.97 Å². The van der Waals surface area contributed by atoms with Gasteiger partial charge < -0.3 is 4.74 Å². The van der Waals surface area contributed by atoms with E-state index < -0.39 is 0 Å². The van der Waals surface area contributed by atoms with Crippen LogP contribution in [0.4, 0.5) is 0 Å². The van der Waals surface area contributed by atoms with Gasteiger partial charge in [0.05, 0.1) is 0 Å². The predicted octanol–water partition coefficient (Wildman–Crippen LogP) is 4.47. The normalized spacial score (nSPS) is 13.9. The number of nitrogens with zero attached hydrogens (tertiary/aromatic N) is 2. The number of halogens is 1. The first-order valence-electron chi connectivity index (χ1n) is 7.07. The number of fused-ring (bicyclic) bond motifs is 1. The summed E-state index contributed by atoms with van der Waals surface area (Å²) in [6.45, 7) is 2.03. The lowest BCUT2D eigenvalue weighted by atomic mass is 9.92. The van der Waals surface area contributed by atoms with Crippen LogP contribution >= 0.6 is 15.9 Å². The highest BCUT2D eigenvalue weighted by molar-refractivity contribution is 9.10. The Morgan fingerprint density at radius 1 is 1.10 bits per heavy atom. The number of benzene rings is 1. The van der Waals surface area contributed by atoms with Gasteiger partial charge in [0.15, 0.2) is 0 Å². The van der Waals surface area contributed by atoms with E-state index in [-0.39, 0.29) is 0 Å². The average molecular weight is 333 g/mol. The van der Waals surface area contributed by atoms with Crippen LogP contribution in [0.15, 0.2) is 28.9 Å². The Kier molecular flexibility index (Phi) is 4.01. The minimum Gasteiger partial charge on any atom is -0.439 e. The van der Waals surface area contributed by atoms with E-state index in [0.29, 0.717) is 5.88 Å². The molecule has 3 nitrogen and oxygen atoms in total. The van der Waals surface area contributed by atoms with Crippen molar-refractivity contribution in [2.75, 3.05) is 0 Å². The van der Waals surface area contributed by atoms with Gasteiger partial charge in [0, 0.05) is 12.5 Å². The number of hydrogen-bond acceptors (Lipinski definition) is 3. The Morgan fingerprint density at radius 2 is 1.90 bits per heavy atom. The number of aromatic nitrogens is 2. The van der Waals surface area contributed by atoms with Gasteiger partial charge in [0.1, 0.15) is 16.2 Å². The van der Waals surface area contributed by atoms with Crippen LogP contribution < -0.4 is 4.74 Å². The number of rotatable bonds is 3. The van der Waals surface area contributed by atoms with Crippen molar-refractivity contribution < 1.29 is 4.74 Å². The first-order chi connectivity index (χ1) is 9.74. The van der Waals surface area contributed by atoms with E-state index in [2.05, 4.69) is 38.0 Å². The van der Waals surface area contributed by atoms with Gasteiger partial charge in [-0.15, -0.1) is 0 Å². The third-order valence-corrected chi connectivity index (χ3v) is 3.98. The van der Waals surface area contributed by atoms with Gasteiger partial charge in [0.25, 0.3) is 0 Å². The van der Waals surface area contributed by atoms with Crippen molar-refractivity contribution >= 4 is 15.9 Å². The minimum absolute atomic E-state index is 0.597. The third-order valence-electron chi connectivity index (χ3n) is 3.58. The summed E-state index contributed by atoms with van der Waals surface area (Å²) in [7, 11) is 0. The molecule has 0 fully saturated rings. The molecule has 20 heavy (non-hydrogen) atoms. The van der Waals surface area contributed by atoms with Gasteiger partial charge in [0.2, 0.25) is 5.88 Å². The third kappa shape index (κ3) is 3.01. The van der Waals surface area contributed by atoms with Crippen LogP contribution in [0.2, 0.25) is 0 Å². The molecule has 0 N–H and O–H groups in total. The van der Waals surface area contributed by atoms with Crippen molar-refractivity contribution in [3.8, 4) is 11.6 Å². The van der Waals surface area contributed by atoms with Crippen molar-refractivity contribution in [1.82, 2.24) is 9.97 Å². The van der Waals surface area contributed by atoms with Gasteiger partial charge in [-0.2, -0.15) is 4.98 Å². The topological polar surface area (TPSA) is 35.0 Å². The van der Waals surface area contributed by atoms with Gasteiger partial charge in [-0.3, -0.25) is 0 Å². The molecule has 1 aromatic carbocycles. The van der Waals surface area contributed by atoms with E-state index in [0.717, 1.165) is 29.0 Å². The maximum absolute atomic E-state index is 5.89. The largest absolute Gasteiger partial charge is 0.439 e. The van der Waals surface area contributed by atoms with E-state index in [1.165, 1.54) is 30.4 Å². The fraction of sp³-hybridized carbons (Fsp3) is 0.375. The molecule has 1 aliphatic carbocycles. The van der Waals surface area contributed by atoms with Crippen molar-refractivity contribution in [3.05, 3.63) is 45.8 Å². The summed E-state index contributed by atoms with van der Waals surface area (Å²) in [6.07, 6.45) is 5.70. The van der Waals surface area contributed by atoms with Crippen molar-refractivity contribution in [2.45, 2.75) is 39.0 Å². The van der Waals surface area contributed by atoms with Crippen LogP contribution in [0, 0.1) is 0 Å². The van der Waals surface area contributed by atoms with Crippen LogP contribution in [0.5, 0.6) is 11.6 Å². The smallest absolute Gasteiger partial charge is 0.223 e. The summed E-state index contributed by atoms with van der Waals surface area (Å²) < 4.78 is 6.65. The molecule has 104 valence electrons. The lowest BCUT2D eigenvalue weighted by Crippen LogP contribution is -2.03. The number of hydrogen-bond donors (Lipinski definition) is 0. The summed E-state index contributed by atoms with van der Waals surface area (Å²) in [5.41, 5.74) is 2.87. The Labute approximate surface area is 127 Å². The first kappa shape index (κ1) is 13.6. The highest BCUT2D eigenvalue weighted by Crippen LogP contribution is 2.28. The quantitative estimate of drug-likeness (QED) is 0.777. The molecule has 3 rings (SSSR count). The Balaban J connectivity index is 1.85. The van der Waals surface area contributed by atoms with Crippen LogP contribution in [0.1, 0.15) is 36.7 Å². The fourth-order valence-corrected chi connectivity index (χ4v) is 2.95. The molecule has 0 atom stereocenters. The highest BCUT2D eigenvalue weighted by atomic mass is 79.9. The van der Waals surface area contributed by atoms with Crippen molar-refractivity contribution in [3.63, 3.8) is 0 Å². The van der Waals surface area contributed by atoms with Gasteiger partial charge in [-0.25, -0.2) is 4.98 Å². The van der Waals surface area contributed by atoms with Gasteiger partial charge >= 0.3 is 0 Å². The molecule has 0 saturated carbocycles. The average Bonchev–Trinajstić information content (AvgIpc) is 2.46. The van der Waals surface area contributed by atoms with E-state index >= 15 is 0 Å². The fourth-order valence-electron chi connectivity index (χ4n) is 2.55. The lowest BCUT2D eigenvalue weighted by molar-refractivity contribution is 0.456. The summed E-state index contributed by atoms with van der Waals surface area (Å²) >= 11 is 3.40. The lowest BCUT2D eigenvalue weighted by Gasteiger charge is -2.16. The molecule has 1 aliphatic rings. The van der Waals surface area contributed by atoms with Crippen LogP contribution in [0.3, 0.4) is 0 Å². The summed E-state index contributed by atoms with van der Waals surface area (Å²) in [6, 6.07) is 8.17. The van der Waals surface area contributed by atoms with Crippen LogP contribution in [-0.2, 0) is 19.3 Å². The van der Waals surface area contributed by atoms with E-state index in [4.69, 9.17) is 4.74 Å².